The Kier molecular flexibility index (Phi) is 6.16. The maximum Gasteiger partial charge on any atom is 0.0406 e. The first-order valence-corrected chi connectivity index (χ1v) is 8.96. The van der Waals surface area contributed by atoms with Crippen molar-refractivity contribution in [3.05, 3.63) is 70.7 Å². The van der Waals surface area contributed by atoms with E-state index in [0.29, 0.717) is 0 Å². The van der Waals surface area contributed by atoms with Crippen molar-refractivity contribution in [2.75, 3.05) is 4.43 Å². The summed E-state index contributed by atoms with van der Waals surface area (Å²) in [6.07, 6.45) is 1.07. The van der Waals surface area contributed by atoms with Crippen molar-refractivity contribution >= 4 is 65.9 Å². The minimum absolute atomic E-state index is 0.781. The topological polar surface area (TPSA) is 0 Å². The first-order chi connectivity index (χ1) is 9.22. The van der Waals surface area contributed by atoms with Crippen LogP contribution in [-0.2, 0) is 0 Å². The van der Waals surface area contributed by atoms with Gasteiger partial charge >= 0.3 is 0 Å². The highest BCUT2D eigenvalue weighted by atomic mass is 127. The molecule has 0 radical (unpaired) electrons. The fourth-order valence-corrected chi connectivity index (χ4v) is 3.49. The molecule has 0 nitrogen and oxygen atoms in total. The average molecular weight is 495 g/mol. The van der Waals surface area contributed by atoms with Gasteiger partial charge in [-0.15, -0.1) is 0 Å². The van der Waals surface area contributed by atoms with Gasteiger partial charge in [-0.1, -0.05) is 76.7 Å². The molecule has 2 rings (SSSR count). The molecular weight excluding hydrogens is 481 g/mol. The second-order valence-corrected chi connectivity index (χ2v) is 6.70. The van der Waals surface area contributed by atoms with Gasteiger partial charge in [-0.25, -0.2) is 0 Å². The van der Waals surface area contributed by atoms with Crippen LogP contribution in [0.5, 0.6) is 0 Å². The van der Waals surface area contributed by atoms with Crippen LogP contribution in [0, 0.1) is 0 Å². The molecule has 0 N–H and O–H groups in total. The lowest BCUT2D eigenvalue weighted by atomic mass is 10.0. The number of rotatable bonds is 4. The molecule has 0 bridgehead atoms. The second kappa shape index (κ2) is 7.64. The van der Waals surface area contributed by atoms with Crippen molar-refractivity contribution in [1.29, 1.82) is 0 Å². The largest absolute Gasteiger partial charge is 0.0860 e. The molecule has 0 aliphatic carbocycles. The Hall–Kier alpha value is -0.0700. The van der Waals surface area contributed by atoms with Crippen molar-refractivity contribution in [3.8, 4) is 0 Å². The molecule has 3 heteroatoms. The Morgan fingerprint density at radius 2 is 1.53 bits per heavy atom. The number of halogens is 3. The minimum Gasteiger partial charge on any atom is -0.0860 e. The van der Waals surface area contributed by atoms with E-state index in [4.69, 9.17) is 11.6 Å². The van der Waals surface area contributed by atoms with E-state index in [-0.39, 0.29) is 0 Å². The van der Waals surface area contributed by atoms with Crippen LogP contribution in [0.1, 0.15) is 17.5 Å². The number of hydrogen-bond donors (Lipinski definition) is 0. The van der Waals surface area contributed by atoms with Crippen molar-refractivity contribution in [2.45, 2.75) is 6.42 Å². The first kappa shape index (κ1) is 15.3. The number of alkyl halides is 1. The number of benzene rings is 2. The predicted molar refractivity (Wildman–Crippen MR) is 102 cm³/mol. The van der Waals surface area contributed by atoms with E-state index < -0.39 is 0 Å². The SMILES string of the molecule is Clc1ccc(/C(I)=C(/CCI)c2ccccc2)cc1. The summed E-state index contributed by atoms with van der Waals surface area (Å²) >= 11 is 10.8. The molecule has 19 heavy (non-hydrogen) atoms. The van der Waals surface area contributed by atoms with Gasteiger partial charge in [-0.05, 0) is 57.8 Å². The van der Waals surface area contributed by atoms with Gasteiger partial charge in [0.15, 0.2) is 0 Å². The lowest BCUT2D eigenvalue weighted by molar-refractivity contribution is 1.29. The van der Waals surface area contributed by atoms with Crippen LogP contribution in [0.3, 0.4) is 0 Å². The molecule has 0 saturated carbocycles. The molecular formula is C16H13ClI2. The third-order valence-electron chi connectivity index (χ3n) is 2.83. The highest BCUT2D eigenvalue weighted by Crippen LogP contribution is 2.34. The van der Waals surface area contributed by atoms with Gasteiger partial charge in [0.25, 0.3) is 0 Å². The lowest BCUT2D eigenvalue weighted by Gasteiger charge is -2.11. The molecule has 2 aromatic rings. The van der Waals surface area contributed by atoms with E-state index in [1.165, 1.54) is 20.3 Å². The second-order valence-electron chi connectivity index (χ2n) is 4.10. The van der Waals surface area contributed by atoms with Gasteiger partial charge in [0.05, 0.1) is 0 Å². The Labute approximate surface area is 146 Å². The van der Waals surface area contributed by atoms with Crippen LogP contribution in [-0.4, -0.2) is 4.43 Å². The first-order valence-electron chi connectivity index (χ1n) is 5.98. The molecule has 0 unspecified atom stereocenters. The van der Waals surface area contributed by atoms with E-state index in [0.717, 1.165) is 15.9 Å². The van der Waals surface area contributed by atoms with E-state index in [9.17, 15) is 0 Å². The van der Waals surface area contributed by atoms with E-state index in [1.54, 1.807) is 0 Å². The Bertz CT molecular complexity index is 559. The molecule has 0 aromatic heterocycles. The summed E-state index contributed by atoms with van der Waals surface area (Å²) in [6, 6.07) is 18.7. The highest BCUT2D eigenvalue weighted by molar-refractivity contribution is 14.1. The Morgan fingerprint density at radius 1 is 0.895 bits per heavy atom. The molecule has 0 fully saturated rings. The van der Waals surface area contributed by atoms with Crippen LogP contribution in [0.4, 0.5) is 0 Å². The molecule has 0 spiro atoms. The van der Waals surface area contributed by atoms with Crippen LogP contribution >= 0.6 is 56.8 Å². The van der Waals surface area contributed by atoms with Crippen LogP contribution in [0.2, 0.25) is 5.02 Å². The fraction of sp³-hybridized carbons (Fsp3) is 0.125. The fourth-order valence-electron chi connectivity index (χ4n) is 1.89. The molecule has 98 valence electrons. The number of allylic oxidation sites excluding steroid dienone is 1. The molecule has 2 aromatic carbocycles. The Balaban J connectivity index is 2.46. The maximum atomic E-state index is 5.95. The molecule has 0 amide bonds. The number of hydrogen-bond acceptors (Lipinski definition) is 0. The van der Waals surface area contributed by atoms with E-state index in [2.05, 4.69) is 87.6 Å². The predicted octanol–water partition coefficient (Wildman–Crippen LogP) is 6.47. The third kappa shape index (κ3) is 4.20. The standard InChI is InChI=1S/C16H13ClI2/c17-14-8-6-13(7-9-14)16(19)15(10-11-18)12-4-2-1-3-5-12/h1-9H,10-11H2/b16-15+. The monoisotopic (exact) mass is 494 g/mol. The van der Waals surface area contributed by atoms with Crippen molar-refractivity contribution in [1.82, 2.24) is 0 Å². The third-order valence-corrected chi connectivity index (χ3v) is 4.89. The van der Waals surface area contributed by atoms with Gasteiger partial charge < -0.3 is 0 Å². The van der Waals surface area contributed by atoms with Crippen LogP contribution < -0.4 is 0 Å². The van der Waals surface area contributed by atoms with Crippen molar-refractivity contribution in [3.63, 3.8) is 0 Å². The normalized spacial score (nSPS) is 12.2. The quantitative estimate of drug-likeness (QED) is 0.260. The molecule has 0 aliphatic rings. The zero-order chi connectivity index (χ0) is 13.7. The van der Waals surface area contributed by atoms with Gasteiger partial charge in [-0.2, -0.15) is 0 Å². The van der Waals surface area contributed by atoms with Gasteiger partial charge in [0.2, 0.25) is 0 Å². The molecule has 0 atom stereocenters. The maximum absolute atomic E-state index is 5.95. The highest BCUT2D eigenvalue weighted by Gasteiger charge is 2.08. The smallest absolute Gasteiger partial charge is 0.0406 e. The lowest BCUT2D eigenvalue weighted by Crippen LogP contribution is -1.89. The minimum atomic E-state index is 0.781. The van der Waals surface area contributed by atoms with Gasteiger partial charge in [0.1, 0.15) is 0 Å². The van der Waals surface area contributed by atoms with E-state index >= 15 is 0 Å². The van der Waals surface area contributed by atoms with E-state index in [1.807, 2.05) is 12.1 Å². The zero-order valence-electron chi connectivity index (χ0n) is 10.2. The van der Waals surface area contributed by atoms with Crippen LogP contribution in [0.25, 0.3) is 9.15 Å². The summed E-state index contributed by atoms with van der Waals surface area (Å²) < 4.78 is 2.42. The summed E-state index contributed by atoms with van der Waals surface area (Å²) in [6.45, 7) is 0. The van der Waals surface area contributed by atoms with Gasteiger partial charge in [0, 0.05) is 13.0 Å². The summed E-state index contributed by atoms with van der Waals surface area (Å²) in [4.78, 5) is 0. The molecule has 0 saturated heterocycles. The Morgan fingerprint density at radius 3 is 2.11 bits per heavy atom. The van der Waals surface area contributed by atoms with Crippen molar-refractivity contribution in [2.24, 2.45) is 0 Å². The van der Waals surface area contributed by atoms with Crippen LogP contribution in [0.15, 0.2) is 54.6 Å². The summed E-state index contributed by atoms with van der Waals surface area (Å²) in [5.74, 6) is 0. The average Bonchev–Trinajstić information content (AvgIpc) is 2.46. The summed E-state index contributed by atoms with van der Waals surface area (Å²) in [7, 11) is 0. The van der Waals surface area contributed by atoms with Gasteiger partial charge in [-0.3, -0.25) is 0 Å². The summed E-state index contributed by atoms with van der Waals surface area (Å²) in [5, 5.41) is 0.781. The van der Waals surface area contributed by atoms with Crippen molar-refractivity contribution < 1.29 is 0 Å². The summed E-state index contributed by atoms with van der Waals surface area (Å²) in [5.41, 5.74) is 3.94. The molecule has 0 heterocycles. The molecule has 0 aliphatic heterocycles. The zero-order valence-corrected chi connectivity index (χ0v) is 15.3.